The fourth-order valence-electron chi connectivity index (χ4n) is 1.13. The van der Waals surface area contributed by atoms with Crippen LogP contribution in [0.1, 0.15) is 26.2 Å². The van der Waals surface area contributed by atoms with Gasteiger partial charge in [0, 0.05) is 0 Å². The van der Waals surface area contributed by atoms with E-state index in [1.807, 2.05) is 25.2 Å². The zero-order valence-electron chi connectivity index (χ0n) is 6.31. The number of rotatable bonds is 3. The van der Waals surface area contributed by atoms with E-state index in [9.17, 15) is 4.39 Å². The molecule has 0 heterocycles. The molecule has 1 aliphatic carbocycles. The molecule has 0 fully saturated rings. The van der Waals surface area contributed by atoms with E-state index in [1.165, 1.54) is 0 Å². The smallest absolute Gasteiger partial charge is 0.122 e. The molecule has 0 N–H and O–H groups in total. The van der Waals surface area contributed by atoms with Crippen LogP contribution in [0.25, 0.3) is 0 Å². The van der Waals surface area contributed by atoms with Crippen LogP contribution in [-0.2, 0) is 0 Å². The molecule has 1 heteroatoms. The molecule has 0 saturated heterocycles. The van der Waals surface area contributed by atoms with Crippen molar-refractivity contribution in [1.82, 2.24) is 0 Å². The van der Waals surface area contributed by atoms with Crippen molar-refractivity contribution in [2.24, 2.45) is 0 Å². The van der Waals surface area contributed by atoms with Gasteiger partial charge in [0.2, 0.25) is 0 Å². The van der Waals surface area contributed by atoms with E-state index in [1.54, 1.807) is 0 Å². The average molecular weight is 140 g/mol. The van der Waals surface area contributed by atoms with Crippen LogP contribution < -0.4 is 0 Å². The molecule has 1 aliphatic rings. The highest BCUT2D eigenvalue weighted by Crippen LogP contribution is 2.20. The van der Waals surface area contributed by atoms with Crippen molar-refractivity contribution in [2.75, 3.05) is 0 Å². The summed E-state index contributed by atoms with van der Waals surface area (Å²) in [4.78, 5) is 0. The molecule has 10 heavy (non-hydrogen) atoms. The van der Waals surface area contributed by atoms with Crippen LogP contribution >= 0.6 is 0 Å². The molecule has 0 nitrogen and oxygen atoms in total. The van der Waals surface area contributed by atoms with Gasteiger partial charge in [-0.25, -0.2) is 4.39 Å². The molecule has 0 saturated carbocycles. The maximum atomic E-state index is 13.0. The molecule has 1 atom stereocenters. The predicted molar refractivity (Wildman–Crippen MR) is 41.6 cm³/mol. The third-order valence-electron chi connectivity index (χ3n) is 1.74. The Bertz CT molecular complexity index is 156. The minimum Gasteiger partial charge on any atom is -0.243 e. The number of halogens is 1. The SMILES string of the molecule is CCCC(F)C1=CC=CC1. The van der Waals surface area contributed by atoms with Crippen LogP contribution in [0.4, 0.5) is 4.39 Å². The second kappa shape index (κ2) is 3.55. The first-order chi connectivity index (χ1) is 4.84. The summed E-state index contributed by atoms with van der Waals surface area (Å²) < 4.78 is 13.0. The lowest BCUT2D eigenvalue weighted by atomic mass is 10.1. The third kappa shape index (κ3) is 1.69. The first kappa shape index (κ1) is 7.52. The van der Waals surface area contributed by atoms with Crippen molar-refractivity contribution in [3.8, 4) is 0 Å². The van der Waals surface area contributed by atoms with Crippen LogP contribution in [0.5, 0.6) is 0 Å². The quantitative estimate of drug-likeness (QED) is 0.565. The predicted octanol–water partition coefficient (Wildman–Crippen LogP) is 3.01. The van der Waals surface area contributed by atoms with E-state index in [4.69, 9.17) is 0 Å². The molecule has 1 unspecified atom stereocenters. The summed E-state index contributed by atoms with van der Waals surface area (Å²) in [5.74, 6) is 0. The van der Waals surface area contributed by atoms with Crippen molar-refractivity contribution in [1.29, 1.82) is 0 Å². The highest BCUT2D eigenvalue weighted by atomic mass is 19.1. The number of hydrogen-bond acceptors (Lipinski definition) is 0. The van der Waals surface area contributed by atoms with E-state index >= 15 is 0 Å². The maximum absolute atomic E-state index is 13.0. The zero-order valence-corrected chi connectivity index (χ0v) is 6.31. The van der Waals surface area contributed by atoms with E-state index in [2.05, 4.69) is 0 Å². The summed E-state index contributed by atoms with van der Waals surface area (Å²) in [5, 5.41) is 0. The second-order valence-corrected chi connectivity index (χ2v) is 2.63. The fourth-order valence-corrected chi connectivity index (χ4v) is 1.13. The molecule has 56 valence electrons. The summed E-state index contributed by atoms with van der Waals surface area (Å²) in [5.41, 5.74) is 0.946. The van der Waals surface area contributed by atoms with E-state index < -0.39 is 6.17 Å². The lowest BCUT2D eigenvalue weighted by Gasteiger charge is -2.06. The summed E-state index contributed by atoms with van der Waals surface area (Å²) >= 11 is 0. The standard InChI is InChI=1S/C9H13F/c1-2-5-9(10)8-6-3-4-7-8/h3-4,6,9H,2,5,7H2,1H3. The highest BCUT2D eigenvalue weighted by Gasteiger charge is 2.11. The van der Waals surface area contributed by atoms with Crippen LogP contribution in [0.2, 0.25) is 0 Å². The molecule has 0 spiro atoms. The third-order valence-corrected chi connectivity index (χ3v) is 1.74. The lowest BCUT2D eigenvalue weighted by molar-refractivity contribution is 0.355. The summed E-state index contributed by atoms with van der Waals surface area (Å²) in [6.45, 7) is 2.01. The van der Waals surface area contributed by atoms with Gasteiger partial charge in [-0.15, -0.1) is 0 Å². The molecular formula is C9H13F. The maximum Gasteiger partial charge on any atom is 0.122 e. The number of allylic oxidation sites excluding steroid dienone is 4. The summed E-state index contributed by atoms with van der Waals surface area (Å²) in [7, 11) is 0. The molecule has 1 rings (SSSR count). The molecule has 0 aromatic rings. The summed E-state index contributed by atoms with van der Waals surface area (Å²) in [6, 6.07) is 0. The highest BCUT2D eigenvalue weighted by molar-refractivity contribution is 5.25. The molecular weight excluding hydrogens is 127 g/mol. The van der Waals surface area contributed by atoms with Gasteiger partial charge in [-0.3, -0.25) is 0 Å². The Hall–Kier alpha value is -0.590. The summed E-state index contributed by atoms with van der Waals surface area (Å²) in [6.07, 6.45) is 7.54. The van der Waals surface area contributed by atoms with E-state index in [-0.39, 0.29) is 0 Å². The van der Waals surface area contributed by atoms with Crippen LogP contribution in [0, 0.1) is 0 Å². The Morgan fingerprint density at radius 3 is 3.00 bits per heavy atom. The van der Waals surface area contributed by atoms with Gasteiger partial charge >= 0.3 is 0 Å². The lowest BCUT2D eigenvalue weighted by Crippen LogP contribution is -2.01. The van der Waals surface area contributed by atoms with Crippen LogP contribution in [-0.4, -0.2) is 6.17 Å². The Kier molecular flexibility index (Phi) is 2.67. The van der Waals surface area contributed by atoms with Crippen molar-refractivity contribution in [3.05, 3.63) is 23.8 Å². The van der Waals surface area contributed by atoms with Crippen LogP contribution in [0.3, 0.4) is 0 Å². The average Bonchev–Trinajstić information content (AvgIpc) is 2.38. The molecule has 0 aromatic carbocycles. The molecule has 0 aliphatic heterocycles. The molecule has 0 radical (unpaired) electrons. The monoisotopic (exact) mass is 140 g/mol. The Morgan fingerprint density at radius 1 is 1.70 bits per heavy atom. The van der Waals surface area contributed by atoms with E-state index in [0.717, 1.165) is 18.4 Å². The van der Waals surface area contributed by atoms with Crippen molar-refractivity contribution >= 4 is 0 Å². The first-order valence-corrected chi connectivity index (χ1v) is 3.84. The molecule has 0 aromatic heterocycles. The Morgan fingerprint density at radius 2 is 2.50 bits per heavy atom. The van der Waals surface area contributed by atoms with Crippen molar-refractivity contribution in [2.45, 2.75) is 32.4 Å². The van der Waals surface area contributed by atoms with Crippen molar-refractivity contribution < 1.29 is 4.39 Å². The van der Waals surface area contributed by atoms with Gasteiger partial charge in [-0.2, -0.15) is 0 Å². The normalized spacial score (nSPS) is 19.2. The van der Waals surface area contributed by atoms with Gasteiger partial charge in [0.15, 0.2) is 0 Å². The van der Waals surface area contributed by atoms with Gasteiger partial charge in [-0.05, 0) is 18.4 Å². The zero-order chi connectivity index (χ0) is 7.40. The second-order valence-electron chi connectivity index (χ2n) is 2.63. The van der Waals surface area contributed by atoms with Gasteiger partial charge in [-0.1, -0.05) is 31.6 Å². The number of hydrogen-bond donors (Lipinski definition) is 0. The topological polar surface area (TPSA) is 0 Å². The minimum absolute atomic E-state index is 0.674. The van der Waals surface area contributed by atoms with Gasteiger partial charge in [0.05, 0.1) is 0 Å². The Labute approximate surface area is 61.4 Å². The molecule has 0 bridgehead atoms. The largest absolute Gasteiger partial charge is 0.243 e. The first-order valence-electron chi connectivity index (χ1n) is 3.84. The van der Waals surface area contributed by atoms with Gasteiger partial charge in [0.25, 0.3) is 0 Å². The van der Waals surface area contributed by atoms with Gasteiger partial charge in [0.1, 0.15) is 6.17 Å². The van der Waals surface area contributed by atoms with Crippen LogP contribution in [0.15, 0.2) is 23.8 Å². The number of alkyl halides is 1. The Balaban J connectivity index is 2.35. The molecule has 0 amide bonds. The van der Waals surface area contributed by atoms with Gasteiger partial charge < -0.3 is 0 Å². The van der Waals surface area contributed by atoms with E-state index in [0.29, 0.717) is 6.42 Å². The van der Waals surface area contributed by atoms with Crippen molar-refractivity contribution in [3.63, 3.8) is 0 Å². The fraction of sp³-hybridized carbons (Fsp3) is 0.556. The minimum atomic E-state index is -0.694.